The molecule has 1 amide bonds. The fourth-order valence-electron chi connectivity index (χ4n) is 4.09. The van der Waals surface area contributed by atoms with E-state index in [0.717, 1.165) is 46.7 Å². The van der Waals surface area contributed by atoms with Crippen molar-refractivity contribution in [1.82, 2.24) is 9.62 Å². The van der Waals surface area contributed by atoms with Gasteiger partial charge in [-0.05, 0) is 30.9 Å². The normalized spacial score (nSPS) is 24.8. The van der Waals surface area contributed by atoms with Crippen LogP contribution in [-0.4, -0.2) is 57.4 Å². The van der Waals surface area contributed by atoms with Crippen LogP contribution in [0.4, 0.5) is 8.78 Å². The molecule has 28 heavy (non-hydrogen) atoms. The lowest BCUT2D eigenvalue weighted by molar-refractivity contribution is -0.895. The van der Waals surface area contributed by atoms with Crippen molar-refractivity contribution >= 4 is 15.9 Å². The van der Waals surface area contributed by atoms with Gasteiger partial charge in [0.15, 0.2) is 11.4 Å². The maximum Gasteiger partial charge on any atom is 0.275 e. The number of hydrogen-bond acceptors (Lipinski definition) is 3. The van der Waals surface area contributed by atoms with Crippen molar-refractivity contribution in [2.24, 2.45) is 5.92 Å². The minimum Gasteiger partial charge on any atom is -0.348 e. The van der Waals surface area contributed by atoms with Gasteiger partial charge >= 0.3 is 0 Å². The highest BCUT2D eigenvalue weighted by molar-refractivity contribution is 7.89. The number of nitrogens with one attached hydrogen (secondary N) is 2. The molecule has 2 atom stereocenters. The average molecular weight is 417 g/mol. The van der Waals surface area contributed by atoms with Crippen LogP contribution in [0.25, 0.3) is 0 Å². The van der Waals surface area contributed by atoms with Gasteiger partial charge in [-0.15, -0.1) is 0 Å². The van der Waals surface area contributed by atoms with Crippen LogP contribution >= 0.6 is 0 Å². The summed E-state index contributed by atoms with van der Waals surface area (Å²) in [6.07, 6.45) is 4.46. The van der Waals surface area contributed by atoms with Gasteiger partial charge in [-0.25, -0.2) is 17.2 Å². The maximum absolute atomic E-state index is 13.9. The average Bonchev–Trinajstić information content (AvgIpc) is 2.64. The van der Waals surface area contributed by atoms with E-state index in [1.807, 2.05) is 0 Å². The third-order valence-electron chi connectivity index (χ3n) is 5.81. The van der Waals surface area contributed by atoms with E-state index in [4.69, 9.17) is 0 Å². The summed E-state index contributed by atoms with van der Waals surface area (Å²) in [6.45, 7) is 3.52. The molecular formula is C19H28F2N3O3S+. The second-order valence-electron chi connectivity index (χ2n) is 7.82. The minimum atomic E-state index is -4.24. The first-order chi connectivity index (χ1) is 13.3. The SMILES string of the molecule is C[C@H]1CCCC[C@@H]1NC(=O)C[NH+]1CCN(S(=O)(=O)c2c(F)cccc2F)CC1. The molecule has 0 spiro atoms. The minimum absolute atomic E-state index is 0.0230. The van der Waals surface area contributed by atoms with E-state index in [2.05, 4.69) is 12.2 Å². The highest BCUT2D eigenvalue weighted by atomic mass is 32.2. The van der Waals surface area contributed by atoms with Crippen LogP contribution in [-0.2, 0) is 14.8 Å². The van der Waals surface area contributed by atoms with E-state index in [0.29, 0.717) is 19.0 Å². The molecule has 0 aromatic heterocycles. The molecule has 1 saturated carbocycles. The summed E-state index contributed by atoms with van der Waals surface area (Å²) in [5, 5.41) is 3.11. The van der Waals surface area contributed by atoms with Crippen LogP contribution in [0.2, 0.25) is 0 Å². The summed E-state index contributed by atoms with van der Waals surface area (Å²) in [5.74, 6) is -1.72. The van der Waals surface area contributed by atoms with Gasteiger partial charge in [0.05, 0.1) is 26.2 Å². The van der Waals surface area contributed by atoms with E-state index < -0.39 is 26.6 Å². The number of halogens is 2. The molecule has 0 unspecified atom stereocenters. The van der Waals surface area contributed by atoms with Gasteiger partial charge in [0.1, 0.15) is 11.6 Å². The van der Waals surface area contributed by atoms with Gasteiger partial charge in [-0.2, -0.15) is 4.31 Å². The van der Waals surface area contributed by atoms with Crippen molar-refractivity contribution in [2.45, 2.75) is 43.5 Å². The van der Waals surface area contributed by atoms with Crippen molar-refractivity contribution in [3.05, 3.63) is 29.8 Å². The third-order valence-corrected chi connectivity index (χ3v) is 7.77. The molecule has 9 heteroatoms. The Bertz CT molecular complexity index is 790. The standard InChI is InChI=1S/C19H27F2N3O3S/c1-14-5-2-3-8-17(14)22-18(25)13-23-9-11-24(12-10-23)28(26,27)19-15(20)6-4-7-16(19)21/h4,6-7,14,17H,2-3,5,8-13H2,1H3,(H,22,25)/p+1/t14-,17-/m0/s1. The lowest BCUT2D eigenvalue weighted by atomic mass is 9.86. The van der Waals surface area contributed by atoms with E-state index in [9.17, 15) is 22.0 Å². The number of benzene rings is 1. The fraction of sp³-hybridized carbons (Fsp3) is 0.632. The number of sulfonamides is 1. The van der Waals surface area contributed by atoms with Gasteiger partial charge < -0.3 is 10.2 Å². The Morgan fingerprint density at radius 3 is 2.39 bits per heavy atom. The summed E-state index contributed by atoms with van der Waals surface area (Å²) in [7, 11) is -4.24. The molecule has 6 nitrogen and oxygen atoms in total. The third kappa shape index (κ3) is 4.69. The fourth-order valence-corrected chi connectivity index (χ4v) is 5.64. The lowest BCUT2D eigenvalue weighted by Crippen LogP contribution is -3.15. The molecule has 1 aromatic carbocycles. The topological polar surface area (TPSA) is 70.9 Å². The summed E-state index contributed by atoms with van der Waals surface area (Å²) in [4.78, 5) is 12.4. The molecule has 1 aromatic rings. The van der Waals surface area contributed by atoms with Crippen LogP contribution in [0, 0.1) is 17.6 Å². The number of carbonyl (C=O) groups is 1. The Kier molecular flexibility index (Phi) is 6.67. The molecule has 2 fully saturated rings. The molecule has 156 valence electrons. The molecule has 2 N–H and O–H groups in total. The second-order valence-corrected chi connectivity index (χ2v) is 9.69. The van der Waals surface area contributed by atoms with Crippen LogP contribution < -0.4 is 10.2 Å². The van der Waals surface area contributed by atoms with Crippen LogP contribution in [0.3, 0.4) is 0 Å². The van der Waals surface area contributed by atoms with Gasteiger partial charge in [-0.1, -0.05) is 25.8 Å². The van der Waals surface area contributed by atoms with Crippen molar-refractivity contribution in [3.63, 3.8) is 0 Å². The number of rotatable bonds is 5. The second kappa shape index (κ2) is 8.84. The smallest absolute Gasteiger partial charge is 0.275 e. The van der Waals surface area contributed by atoms with Gasteiger partial charge in [0.25, 0.3) is 5.91 Å². The maximum atomic E-state index is 13.9. The van der Waals surface area contributed by atoms with Gasteiger partial charge in [-0.3, -0.25) is 4.79 Å². The number of piperazine rings is 1. The zero-order valence-electron chi connectivity index (χ0n) is 16.1. The Balaban J connectivity index is 1.55. The monoisotopic (exact) mass is 416 g/mol. The van der Waals surface area contributed by atoms with E-state index >= 15 is 0 Å². The molecular weight excluding hydrogens is 388 g/mol. The van der Waals surface area contributed by atoms with Crippen molar-refractivity contribution in [1.29, 1.82) is 0 Å². The summed E-state index contributed by atoms with van der Waals surface area (Å²) in [5.41, 5.74) is 0. The van der Waals surface area contributed by atoms with Crippen LogP contribution in [0.5, 0.6) is 0 Å². The molecule has 1 aliphatic heterocycles. The Morgan fingerprint density at radius 2 is 1.79 bits per heavy atom. The van der Waals surface area contributed by atoms with Crippen molar-refractivity contribution in [3.8, 4) is 0 Å². The number of carbonyl (C=O) groups excluding carboxylic acids is 1. The Morgan fingerprint density at radius 1 is 1.18 bits per heavy atom. The van der Waals surface area contributed by atoms with Crippen LogP contribution in [0.1, 0.15) is 32.6 Å². The van der Waals surface area contributed by atoms with Crippen LogP contribution in [0.15, 0.2) is 23.1 Å². The van der Waals surface area contributed by atoms with Gasteiger partial charge in [0, 0.05) is 6.04 Å². The predicted molar refractivity (Wildman–Crippen MR) is 100 cm³/mol. The first-order valence-electron chi connectivity index (χ1n) is 9.86. The van der Waals surface area contributed by atoms with Crippen molar-refractivity contribution < 1.29 is 26.9 Å². The number of nitrogens with zero attached hydrogens (tertiary/aromatic N) is 1. The first kappa shape index (κ1) is 21.1. The number of quaternary nitrogens is 1. The highest BCUT2D eigenvalue weighted by Crippen LogP contribution is 2.24. The molecule has 1 heterocycles. The summed E-state index contributed by atoms with van der Waals surface area (Å²) < 4.78 is 54.1. The lowest BCUT2D eigenvalue weighted by Gasteiger charge is -2.33. The van der Waals surface area contributed by atoms with E-state index in [1.54, 1.807) is 0 Å². The largest absolute Gasteiger partial charge is 0.348 e. The number of amides is 1. The summed E-state index contributed by atoms with van der Waals surface area (Å²) in [6, 6.07) is 3.23. The predicted octanol–water partition coefficient (Wildman–Crippen LogP) is 0.549. The Hall–Kier alpha value is -1.58. The molecule has 2 aliphatic rings. The number of hydrogen-bond donors (Lipinski definition) is 2. The van der Waals surface area contributed by atoms with E-state index in [-0.39, 0.29) is 31.6 Å². The summed E-state index contributed by atoms with van der Waals surface area (Å²) >= 11 is 0. The van der Waals surface area contributed by atoms with Crippen molar-refractivity contribution in [2.75, 3.05) is 32.7 Å². The zero-order chi connectivity index (χ0) is 20.3. The van der Waals surface area contributed by atoms with E-state index in [1.165, 1.54) is 6.42 Å². The molecule has 1 saturated heterocycles. The quantitative estimate of drug-likeness (QED) is 0.737. The highest BCUT2D eigenvalue weighted by Gasteiger charge is 2.35. The first-order valence-corrected chi connectivity index (χ1v) is 11.3. The Labute approximate surface area is 164 Å². The molecule has 3 rings (SSSR count). The molecule has 1 aliphatic carbocycles. The molecule has 0 radical (unpaired) electrons. The zero-order valence-corrected chi connectivity index (χ0v) is 16.9. The molecule has 0 bridgehead atoms. The van der Waals surface area contributed by atoms with Gasteiger partial charge in [0.2, 0.25) is 10.0 Å².